The van der Waals surface area contributed by atoms with Gasteiger partial charge in [-0.05, 0) is 31.2 Å². The van der Waals surface area contributed by atoms with E-state index in [1.54, 1.807) is 12.3 Å². The molecule has 0 fully saturated rings. The van der Waals surface area contributed by atoms with Crippen LogP contribution in [0.1, 0.15) is 30.6 Å². The lowest BCUT2D eigenvalue weighted by Crippen LogP contribution is -2.25. The largest absolute Gasteiger partial charge is 0.310 e. The van der Waals surface area contributed by atoms with Crippen molar-refractivity contribution in [2.45, 2.75) is 25.8 Å². The van der Waals surface area contributed by atoms with E-state index in [-0.39, 0.29) is 11.9 Å². The van der Waals surface area contributed by atoms with E-state index in [4.69, 9.17) is 0 Å². The number of hydrogen-bond donors (Lipinski definition) is 1. The van der Waals surface area contributed by atoms with Gasteiger partial charge >= 0.3 is 0 Å². The average Bonchev–Trinajstić information content (AvgIpc) is 2.45. The Kier molecular flexibility index (Phi) is 5.04. The van der Waals surface area contributed by atoms with Crippen LogP contribution >= 0.6 is 0 Å². The van der Waals surface area contributed by atoms with Gasteiger partial charge in [0.25, 0.3) is 0 Å². The fourth-order valence-corrected chi connectivity index (χ4v) is 2.10. The number of benzene rings is 1. The van der Waals surface area contributed by atoms with Crippen molar-refractivity contribution >= 4 is 0 Å². The SMILES string of the molecule is CCCNC(Cc1ccccn1)c1ccccc1F. The summed E-state index contributed by atoms with van der Waals surface area (Å²) in [5.41, 5.74) is 1.68. The molecule has 0 spiro atoms. The predicted octanol–water partition coefficient (Wildman–Crippen LogP) is 3.50. The van der Waals surface area contributed by atoms with Crippen molar-refractivity contribution in [1.82, 2.24) is 10.3 Å². The van der Waals surface area contributed by atoms with Gasteiger partial charge in [-0.3, -0.25) is 4.98 Å². The molecule has 1 unspecified atom stereocenters. The molecular weight excluding hydrogens is 239 g/mol. The molecule has 0 radical (unpaired) electrons. The van der Waals surface area contributed by atoms with E-state index in [2.05, 4.69) is 17.2 Å². The Morgan fingerprint density at radius 3 is 2.63 bits per heavy atom. The van der Waals surface area contributed by atoms with Gasteiger partial charge in [0.2, 0.25) is 0 Å². The van der Waals surface area contributed by atoms with Crippen LogP contribution in [0.2, 0.25) is 0 Å². The molecule has 1 aromatic heterocycles. The maximum absolute atomic E-state index is 13.9. The predicted molar refractivity (Wildman–Crippen MR) is 75.4 cm³/mol. The van der Waals surface area contributed by atoms with Crippen molar-refractivity contribution in [2.75, 3.05) is 6.54 Å². The van der Waals surface area contributed by atoms with Gasteiger partial charge in [-0.1, -0.05) is 31.2 Å². The first-order valence-electron chi connectivity index (χ1n) is 6.69. The molecule has 19 heavy (non-hydrogen) atoms. The standard InChI is InChI=1S/C16H19FN2/c1-2-10-19-16(12-13-7-5-6-11-18-13)14-8-3-4-9-15(14)17/h3-9,11,16,19H,2,10,12H2,1H3. The van der Waals surface area contributed by atoms with E-state index in [0.717, 1.165) is 18.7 Å². The molecule has 1 heterocycles. The van der Waals surface area contributed by atoms with Crippen LogP contribution in [0.4, 0.5) is 4.39 Å². The minimum atomic E-state index is -0.160. The van der Waals surface area contributed by atoms with E-state index in [9.17, 15) is 4.39 Å². The highest BCUT2D eigenvalue weighted by Crippen LogP contribution is 2.20. The third kappa shape index (κ3) is 3.86. The quantitative estimate of drug-likeness (QED) is 0.857. The highest BCUT2D eigenvalue weighted by molar-refractivity contribution is 5.23. The molecule has 1 aromatic carbocycles. The van der Waals surface area contributed by atoms with Gasteiger partial charge in [-0.25, -0.2) is 4.39 Å². The lowest BCUT2D eigenvalue weighted by atomic mass is 10.0. The number of nitrogens with one attached hydrogen (secondary N) is 1. The molecule has 0 aliphatic carbocycles. The molecule has 1 N–H and O–H groups in total. The van der Waals surface area contributed by atoms with Gasteiger partial charge in [0.05, 0.1) is 0 Å². The highest BCUT2D eigenvalue weighted by atomic mass is 19.1. The van der Waals surface area contributed by atoms with Crippen LogP contribution in [0.5, 0.6) is 0 Å². The summed E-state index contributed by atoms with van der Waals surface area (Å²) in [6.07, 6.45) is 3.49. The van der Waals surface area contributed by atoms with E-state index < -0.39 is 0 Å². The fourth-order valence-electron chi connectivity index (χ4n) is 2.10. The first-order chi connectivity index (χ1) is 9.31. The first kappa shape index (κ1) is 13.7. The zero-order chi connectivity index (χ0) is 13.5. The van der Waals surface area contributed by atoms with E-state index in [0.29, 0.717) is 12.0 Å². The lowest BCUT2D eigenvalue weighted by Gasteiger charge is -2.19. The fraction of sp³-hybridized carbons (Fsp3) is 0.312. The molecule has 0 saturated heterocycles. The van der Waals surface area contributed by atoms with Gasteiger partial charge in [-0.2, -0.15) is 0 Å². The Morgan fingerprint density at radius 1 is 1.16 bits per heavy atom. The van der Waals surface area contributed by atoms with Gasteiger partial charge in [-0.15, -0.1) is 0 Å². The Morgan fingerprint density at radius 2 is 1.95 bits per heavy atom. The second-order valence-electron chi connectivity index (χ2n) is 4.55. The highest BCUT2D eigenvalue weighted by Gasteiger charge is 2.15. The summed E-state index contributed by atoms with van der Waals surface area (Å²) in [5.74, 6) is -0.160. The van der Waals surface area contributed by atoms with Gasteiger partial charge < -0.3 is 5.32 Å². The van der Waals surface area contributed by atoms with Crippen LogP contribution in [0.25, 0.3) is 0 Å². The van der Waals surface area contributed by atoms with Crippen LogP contribution < -0.4 is 5.32 Å². The lowest BCUT2D eigenvalue weighted by molar-refractivity contribution is 0.493. The van der Waals surface area contributed by atoms with Gasteiger partial charge in [0.15, 0.2) is 0 Å². The van der Waals surface area contributed by atoms with E-state index >= 15 is 0 Å². The van der Waals surface area contributed by atoms with Gasteiger partial charge in [0.1, 0.15) is 5.82 Å². The van der Waals surface area contributed by atoms with Crippen LogP contribution in [0, 0.1) is 5.82 Å². The van der Waals surface area contributed by atoms with Crippen molar-refractivity contribution in [3.8, 4) is 0 Å². The van der Waals surface area contributed by atoms with Gasteiger partial charge in [0, 0.05) is 29.9 Å². The molecular formula is C16H19FN2. The smallest absolute Gasteiger partial charge is 0.127 e. The zero-order valence-corrected chi connectivity index (χ0v) is 11.1. The summed E-state index contributed by atoms with van der Waals surface area (Å²) < 4.78 is 13.9. The molecule has 0 aliphatic rings. The molecule has 1 atom stereocenters. The molecule has 2 nitrogen and oxygen atoms in total. The summed E-state index contributed by atoms with van der Waals surface area (Å²) in [6, 6.07) is 12.7. The third-order valence-corrected chi connectivity index (χ3v) is 3.06. The van der Waals surface area contributed by atoms with Crippen molar-refractivity contribution in [1.29, 1.82) is 0 Å². The number of aromatic nitrogens is 1. The monoisotopic (exact) mass is 258 g/mol. The Balaban J connectivity index is 2.19. The summed E-state index contributed by atoms with van der Waals surface area (Å²) in [6.45, 7) is 2.97. The van der Waals surface area contributed by atoms with Crippen molar-refractivity contribution in [3.05, 3.63) is 65.7 Å². The second kappa shape index (κ2) is 7.00. The van der Waals surface area contributed by atoms with Crippen molar-refractivity contribution in [3.63, 3.8) is 0 Å². The number of rotatable bonds is 6. The Bertz CT molecular complexity index is 499. The topological polar surface area (TPSA) is 24.9 Å². The number of nitrogens with zero attached hydrogens (tertiary/aromatic N) is 1. The molecule has 100 valence electrons. The molecule has 2 rings (SSSR count). The summed E-state index contributed by atoms with van der Waals surface area (Å²) in [7, 11) is 0. The summed E-state index contributed by atoms with van der Waals surface area (Å²) in [4.78, 5) is 4.32. The number of halogens is 1. The Hall–Kier alpha value is -1.74. The van der Waals surface area contributed by atoms with Crippen molar-refractivity contribution in [2.24, 2.45) is 0 Å². The van der Waals surface area contributed by atoms with E-state index in [1.165, 1.54) is 6.07 Å². The summed E-state index contributed by atoms with van der Waals surface area (Å²) >= 11 is 0. The van der Waals surface area contributed by atoms with Crippen LogP contribution in [-0.2, 0) is 6.42 Å². The molecule has 0 saturated carbocycles. The summed E-state index contributed by atoms with van der Waals surface area (Å²) in [5, 5.41) is 3.40. The second-order valence-corrected chi connectivity index (χ2v) is 4.55. The normalized spacial score (nSPS) is 12.3. The minimum absolute atomic E-state index is 0.0314. The van der Waals surface area contributed by atoms with Crippen molar-refractivity contribution < 1.29 is 4.39 Å². The zero-order valence-electron chi connectivity index (χ0n) is 11.1. The maximum Gasteiger partial charge on any atom is 0.127 e. The molecule has 3 heteroatoms. The third-order valence-electron chi connectivity index (χ3n) is 3.06. The molecule has 0 aliphatic heterocycles. The van der Waals surface area contributed by atoms with E-state index in [1.807, 2.05) is 30.3 Å². The number of hydrogen-bond acceptors (Lipinski definition) is 2. The van der Waals surface area contributed by atoms with Crippen LogP contribution in [0.3, 0.4) is 0 Å². The number of pyridine rings is 1. The minimum Gasteiger partial charge on any atom is -0.310 e. The van der Waals surface area contributed by atoms with Crippen LogP contribution in [0.15, 0.2) is 48.7 Å². The maximum atomic E-state index is 13.9. The first-order valence-corrected chi connectivity index (χ1v) is 6.69. The molecule has 0 amide bonds. The molecule has 0 bridgehead atoms. The molecule has 2 aromatic rings. The average molecular weight is 258 g/mol. The van der Waals surface area contributed by atoms with Crippen LogP contribution in [-0.4, -0.2) is 11.5 Å². The Labute approximate surface area is 113 Å².